The molecule has 2 heterocycles. The van der Waals surface area contributed by atoms with Gasteiger partial charge in [-0.1, -0.05) is 41.9 Å². The van der Waals surface area contributed by atoms with Crippen molar-refractivity contribution in [2.24, 2.45) is 5.73 Å². The molecule has 0 saturated carbocycles. The first-order chi connectivity index (χ1) is 16.8. The van der Waals surface area contributed by atoms with E-state index in [1.807, 2.05) is 0 Å². The van der Waals surface area contributed by atoms with E-state index in [0.29, 0.717) is 5.56 Å². The molecule has 35 heavy (non-hydrogen) atoms. The number of phenols is 1. The first-order valence-electron chi connectivity index (χ1n) is 11.1. The van der Waals surface area contributed by atoms with Gasteiger partial charge in [0.05, 0.1) is 22.9 Å². The molecule has 5 atom stereocenters. The van der Waals surface area contributed by atoms with Crippen molar-refractivity contribution < 1.29 is 29.6 Å². The number of anilines is 1. The SMILES string of the molecule is C[C@@H](O)[C@@]12O[C@]13c1cc(O)c4c(c1N[C@H]2C#C/C=C\C#C[C@@H]3O)C(=O)c1cccc(CN)c1C4=O. The molecule has 1 saturated heterocycles. The lowest BCUT2D eigenvalue weighted by molar-refractivity contribution is 0.0867. The number of aromatic hydroxyl groups is 1. The van der Waals surface area contributed by atoms with Crippen molar-refractivity contribution in [3.05, 3.63) is 69.8 Å². The summed E-state index contributed by atoms with van der Waals surface area (Å²) in [7, 11) is 0. The number of carbonyl (C=O) groups excluding carboxylic acids is 2. The van der Waals surface area contributed by atoms with Crippen LogP contribution in [-0.4, -0.2) is 50.7 Å². The van der Waals surface area contributed by atoms with Gasteiger partial charge in [0.25, 0.3) is 0 Å². The van der Waals surface area contributed by atoms with Crippen LogP contribution in [0.4, 0.5) is 5.69 Å². The minimum Gasteiger partial charge on any atom is -0.507 e. The van der Waals surface area contributed by atoms with Gasteiger partial charge in [-0.3, -0.25) is 9.59 Å². The summed E-state index contributed by atoms with van der Waals surface area (Å²) in [5.41, 5.74) is 3.88. The van der Waals surface area contributed by atoms with Gasteiger partial charge < -0.3 is 31.1 Å². The predicted octanol–water partition coefficient (Wildman–Crippen LogP) is 0.703. The van der Waals surface area contributed by atoms with E-state index < -0.39 is 46.8 Å². The fraction of sp³-hybridized carbons (Fsp3) is 0.259. The minimum absolute atomic E-state index is 0.0414. The smallest absolute Gasteiger partial charge is 0.198 e. The fourth-order valence-electron chi connectivity index (χ4n) is 5.73. The monoisotopic (exact) mass is 468 g/mol. The summed E-state index contributed by atoms with van der Waals surface area (Å²) in [5, 5.41) is 36.2. The summed E-state index contributed by atoms with van der Waals surface area (Å²) < 4.78 is 6.14. The number of rotatable bonds is 2. The molecule has 6 rings (SSSR count). The Balaban J connectivity index is 1.68. The zero-order chi connectivity index (χ0) is 24.7. The second-order valence-corrected chi connectivity index (χ2v) is 8.97. The maximum Gasteiger partial charge on any atom is 0.198 e. The highest BCUT2D eigenvalue weighted by molar-refractivity contribution is 6.31. The van der Waals surface area contributed by atoms with E-state index in [0.717, 1.165) is 0 Å². The standard InChI is InChI=1S/C27H20N2O6/c1-13(30)26-18-9-4-2-3-5-10-19(32)27(26,35-26)16-11-17(31)21-22(23(16)29-18)24(33)15-8-6-7-14(12-28)20(15)25(21)34/h2-3,6-8,11,13,18-19,29-32H,12,28H2,1H3/b3-2-/t13-,18+,19+,26+,27+/m1/s1. The van der Waals surface area contributed by atoms with Gasteiger partial charge in [-0.2, -0.15) is 0 Å². The minimum atomic E-state index is -1.59. The van der Waals surface area contributed by atoms with E-state index in [4.69, 9.17) is 10.5 Å². The van der Waals surface area contributed by atoms with Crippen LogP contribution in [0.3, 0.4) is 0 Å². The molecule has 6 N–H and O–H groups in total. The lowest BCUT2D eigenvalue weighted by Gasteiger charge is -2.37. The molecule has 0 amide bonds. The van der Waals surface area contributed by atoms with Crippen LogP contribution in [0.2, 0.25) is 0 Å². The van der Waals surface area contributed by atoms with E-state index in [1.165, 1.54) is 25.1 Å². The van der Waals surface area contributed by atoms with Crippen molar-refractivity contribution in [1.29, 1.82) is 0 Å². The number of phenolic OH excluding ortho intramolecular Hbond substituents is 1. The number of nitrogens with two attached hydrogens (primary N) is 1. The quantitative estimate of drug-likeness (QED) is 0.210. The molecule has 0 spiro atoms. The van der Waals surface area contributed by atoms with E-state index >= 15 is 0 Å². The summed E-state index contributed by atoms with van der Waals surface area (Å²) in [5.74, 6) is 9.79. The molecule has 174 valence electrons. The molecule has 4 aliphatic rings. The Morgan fingerprint density at radius 3 is 2.60 bits per heavy atom. The molecule has 2 aliphatic carbocycles. The van der Waals surface area contributed by atoms with E-state index in [-0.39, 0.29) is 40.0 Å². The van der Waals surface area contributed by atoms with Crippen molar-refractivity contribution in [2.75, 3.05) is 5.32 Å². The molecule has 2 aromatic carbocycles. The van der Waals surface area contributed by atoms with Crippen molar-refractivity contribution in [3.63, 3.8) is 0 Å². The highest BCUT2D eigenvalue weighted by Crippen LogP contribution is 2.67. The third-order valence-corrected chi connectivity index (χ3v) is 7.29. The van der Waals surface area contributed by atoms with E-state index in [1.54, 1.807) is 18.2 Å². The van der Waals surface area contributed by atoms with Crippen LogP contribution in [0.5, 0.6) is 5.75 Å². The van der Waals surface area contributed by atoms with E-state index in [9.17, 15) is 24.9 Å². The number of nitrogens with one attached hydrogen (secondary N) is 1. The maximum atomic E-state index is 13.8. The number of allylic oxidation sites excluding steroid dienone is 2. The zero-order valence-electron chi connectivity index (χ0n) is 18.5. The molecule has 8 heteroatoms. The first-order valence-corrected chi connectivity index (χ1v) is 11.1. The third kappa shape index (κ3) is 2.47. The van der Waals surface area contributed by atoms with Gasteiger partial charge in [-0.25, -0.2) is 0 Å². The number of aliphatic hydroxyl groups excluding tert-OH is 2. The van der Waals surface area contributed by atoms with Crippen LogP contribution in [0.1, 0.15) is 49.9 Å². The normalized spacial score (nSPS) is 30.5. The van der Waals surface area contributed by atoms with Gasteiger partial charge in [-0.05, 0) is 30.7 Å². The number of aliphatic hydroxyl groups is 2. The first kappa shape index (κ1) is 21.6. The van der Waals surface area contributed by atoms with Crippen LogP contribution in [0.25, 0.3) is 0 Å². The van der Waals surface area contributed by atoms with Gasteiger partial charge in [0.2, 0.25) is 0 Å². The predicted molar refractivity (Wildman–Crippen MR) is 125 cm³/mol. The van der Waals surface area contributed by atoms with Crippen molar-refractivity contribution in [3.8, 4) is 29.4 Å². The molecular formula is C27H20N2O6. The Morgan fingerprint density at radius 1 is 1.14 bits per heavy atom. The van der Waals surface area contributed by atoms with Crippen molar-refractivity contribution in [1.82, 2.24) is 0 Å². The topological polar surface area (TPSA) is 145 Å². The largest absolute Gasteiger partial charge is 0.507 e. The highest BCUT2D eigenvalue weighted by atomic mass is 16.7. The van der Waals surface area contributed by atoms with Gasteiger partial charge in [0.1, 0.15) is 11.8 Å². The third-order valence-electron chi connectivity index (χ3n) is 7.29. The van der Waals surface area contributed by atoms with Gasteiger partial charge in [-0.15, -0.1) is 0 Å². The molecular weight excluding hydrogens is 448 g/mol. The Bertz CT molecular complexity index is 1520. The van der Waals surface area contributed by atoms with Crippen LogP contribution < -0.4 is 11.1 Å². The van der Waals surface area contributed by atoms with Gasteiger partial charge in [0, 0.05) is 23.2 Å². The molecule has 1 fully saturated rings. The molecule has 2 aliphatic heterocycles. The maximum absolute atomic E-state index is 13.8. The van der Waals surface area contributed by atoms with Crippen molar-refractivity contribution in [2.45, 2.75) is 42.9 Å². The van der Waals surface area contributed by atoms with Crippen molar-refractivity contribution >= 4 is 17.3 Å². The van der Waals surface area contributed by atoms with Crippen LogP contribution >= 0.6 is 0 Å². The highest BCUT2D eigenvalue weighted by Gasteiger charge is 2.82. The number of ether oxygens (including phenoxy) is 1. The second-order valence-electron chi connectivity index (χ2n) is 8.97. The summed E-state index contributed by atoms with van der Waals surface area (Å²) in [4.78, 5) is 27.3. The Morgan fingerprint density at radius 2 is 1.89 bits per heavy atom. The molecule has 0 aromatic heterocycles. The zero-order valence-corrected chi connectivity index (χ0v) is 18.5. The van der Waals surface area contributed by atoms with Gasteiger partial charge >= 0.3 is 0 Å². The fourth-order valence-corrected chi connectivity index (χ4v) is 5.73. The molecule has 2 aromatic rings. The number of benzene rings is 2. The summed E-state index contributed by atoms with van der Waals surface area (Å²) in [6.07, 6.45) is 0.464. The Kier molecular flexibility index (Phi) is 4.35. The Labute approximate surface area is 200 Å². The average molecular weight is 468 g/mol. The summed E-state index contributed by atoms with van der Waals surface area (Å²) in [6.45, 7) is 1.56. The number of hydrogen-bond acceptors (Lipinski definition) is 8. The van der Waals surface area contributed by atoms with Gasteiger partial charge in [0.15, 0.2) is 28.9 Å². The average Bonchev–Trinajstić information content (AvgIpc) is 3.57. The number of ketones is 2. The number of hydrogen-bond donors (Lipinski definition) is 5. The Hall–Kier alpha value is -3.92. The van der Waals surface area contributed by atoms with Crippen LogP contribution in [0.15, 0.2) is 36.4 Å². The second kappa shape index (κ2) is 7.05. The summed E-state index contributed by atoms with van der Waals surface area (Å²) >= 11 is 0. The lowest BCUT2D eigenvalue weighted by Crippen LogP contribution is -2.54. The number of epoxide rings is 1. The number of carbonyl (C=O) groups is 2. The molecule has 0 radical (unpaired) electrons. The molecule has 2 bridgehead atoms. The molecule has 0 unspecified atom stereocenters. The summed E-state index contributed by atoms with van der Waals surface area (Å²) in [6, 6.07) is 5.29. The lowest BCUT2D eigenvalue weighted by atomic mass is 9.69. The molecule has 8 nitrogen and oxygen atoms in total. The number of fused-ring (bicyclic) bond motifs is 4. The van der Waals surface area contributed by atoms with Crippen LogP contribution in [0, 0.1) is 23.7 Å². The van der Waals surface area contributed by atoms with E-state index in [2.05, 4.69) is 29.0 Å². The van der Waals surface area contributed by atoms with Crippen LogP contribution in [-0.2, 0) is 16.9 Å².